The first-order chi connectivity index (χ1) is 9.33. The van der Waals surface area contributed by atoms with Crippen LogP contribution in [0.15, 0.2) is 24.3 Å². The van der Waals surface area contributed by atoms with Crippen LogP contribution in [0.3, 0.4) is 0 Å². The number of amides is 1. The van der Waals surface area contributed by atoms with Gasteiger partial charge in [-0.25, -0.2) is 0 Å². The van der Waals surface area contributed by atoms with Crippen LogP contribution >= 0.6 is 0 Å². The third kappa shape index (κ3) is 3.37. The molecule has 2 heteroatoms. The van der Waals surface area contributed by atoms with Crippen molar-refractivity contribution in [1.82, 2.24) is 5.32 Å². The van der Waals surface area contributed by atoms with Gasteiger partial charge in [-0.1, -0.05) is 31.4 Å². The molecule has 2 fully saturated rings. The lowest BCUT2D eigenvalue weighted by Gasteiger charge is -2.22. The Kier molecular flexibility index (Phi) is 3.86. The van der Waals surface area contributed by atoms with Crippen LogP contribution in [-0.4, -0.2) is 12.5 Å². The SMILES string of the molecule is O=C(NCC1CC1)c1ccc(C2CCCCC2)cc1. The van der Waals surface area contributed by atoms with Crippen LogP contribution in [0.25, 0.3) is 0 Å². The molecule has 2 aliphatic rings. The van der Waals surface area contributed by atoms with Gasteiger partial charge in [0.1, 0.15) is 0 Å². The summed E-state index contributed by atoms with van der Waals surface area (Å²) in [5, 5.41) is 3.02. The van der Waals surface area contributed by atoms with Crippen molar-refractivity contribution in [3.8, 4) is 0 Å². The molecule has 1 aromatic rings. The van der Waals surface area contributed by atoms with Gasteiger partial charge in [-0.15, -0.1) is 0 Å². The van der Waals surface area contributed by atoms with Crippen molar-refractivity contribution in [2.45, 2.75) is 50.9 Å². The van der Waals surface area contributed by atoms with Gasteiger partial charge in [0, 0.05) is 12.1 Å². The Bertz CT molecular complexity index is 427. The van der Waals surface area contributed by atoms with Crippen molar-refractivity contribution < 1.29 is 4.79 Å². The zero-order valence-corrected chi connectivity index (χ0v) is 11.5. The molecule has 3 rings (SSSR count). The summed E-state index contributed by atoms with van der Waals surface area (Å²) in [7, 11) is 0. The van der Waals surface area contributed by atoms with Crippen LogP contribution in [0.5, 0.6) is 0 Å². The van der Waals surface area contributed by atoms with Gasteiger partial charge < -0.3 is 5.32 Å². The molecule has 2 nitrogen and oxygen atoms in total. The van der Waals surface area contributed by atoms with Gasteiger partial charge in [0.25, 0.3) is 5.91 Å². The first kappa shape index (κ1) is 12.7. The molecule has 0 aliphatic heterocycles. The summed E-state index contributed by atoms with van der Waals surface area (Å²) in [5.41, 5.74) is 2.22. The van der Waals surface area contributed by atoms with E-state index in [1.54, 1.807) is 0 Å². The molecule has 1 N–H and O–H groups in total. The van der Waals surface area contributed by atoms with E-state index in [-0.39, 0.29) is 5.91 Å². The summed E-state index contributed by atoms with van der Waals surface area (Å²) in [6.07, 6.45) is 9.28. The van der Waals surface area contributed by atoms with E-state index >= 15 is 0 Å². The second-order valence-electron chi connectivity index (χ2n) is 6.11. The maximum absolute atomic E-state index is 12.0. The maximum atomic E-state index is 12.0. The molecule has 0 spiro atoms. The summed E-state index contributed by atoms with van der Waals surface area (Å²) in [4.78, 5) is 12.0. The second kappa shape index (κ2) is 5.77. The molecule has 0 heterocycles. The monoisotopic (exact) mass is 257 g/mol. The Balaban J connectivity index is 1.58. The van der Waals surface area contributed by atoms with E-state index in [1.807, 2.05) is 12.1 Å². The van der Waals surface area contributed by atoms with Gasteiger partial charge in [-0.3, -0.25) is 4.79 Å². The second-order valence-corrected chi connectivity index (χ2v) is 6.11. The molecule has 0 unspecified atom stereocenters. The number of nitrogens with one attached hydrogen (secondary N) is 1. The van der Waals surface area contributed by atoms with E-state index in [0.717, 1.165) is 23.9 Å². The standard InChI is InChI=1S/C17H23NO/c19-17(18-12-13-6-7-13)16-10-8-15(9-11-16)14-4-2-1-3-5-14/h8-11,13-14H,1-7,12H2,(H,18,19). The minimum absolute atomic E-state index is 0.0853. The summed E-state index contributed by atoms with van der Waals surface area (Å²) in [6, 6.07) is 8.29. The van der Waals surface area contributed by atoms with Crippen molar-refractivity contribution in [3.05, 3.63) is 35.4 Å². The molecule has 1 amide bonds. The Morgan fingerprint density at radius 2 is 1.68 bits per heavy atom. The minimum Gasteiger partial charge on any atom is -0.352 e. The van der Waals surface area contributed by atoms with Crippen LogP contribution < -0.4 is 5.32 Å². The van der Waals surface area contributed by atoms with E-state index in [0.29, 0.717) is 0 Å². The van der Waals surface area contributed by atoms with Crippen LogP contribution in [0, 0.1) is 5.92 Å². The van der Waals surface area contributed by atoms with Gasteiger partial charge in [-0.2, -0.15) is 0 Å². The fourth-order valence-electron chi connectivity index (χ4n) is 3.00. The Morgan fingerprint density at radius 1 is 1.00 bits per heavy atom. The van der Waals surface area contributed by atoms with Crippen molar-refractivity contribution in [2.24, 2.45) is 5.92 Å². The van der Waals surface area contributed by atoms with Crippen molar-refractivity contribution in [3.63, 3.8) is 0 Å². The van der Waals surface area contributed by atoms with E-state index in [4.69, 9.17) is 0 Å². The molecule has 1 aromatic carbocycles. The topological polar surface area (TPSA) is 29.1 Å². The number of hydrogen-bond donors (Lipinski definition) is 1. The first-order valence-corrected chi connectivity index (χ1v) is 7.71. The Morgan fingerprint density at radius 3 is 2.32 bits per heavy atom. The van der Waals surface area contributed by atoms with Crippen LogP contribution in [0.1, 0.15) is 66.8 Å². The van der Waals surface area contributed by atoms with Gasteiger partial charge in [0.05, 0.1) is 0 Å². The molecule has 0 bridgehead atoms. The largest absolute Gasteiger partial charge is 0.352 e. The minimum atomic E-state index is 0.0853. The third-order valence-corrected chi connectivity index (χ3v) is 4.50. The molecule has 0 aromatic heterocycles. The number of benzene rings is 1. The van der Waals surface area contributed by atoms with Crippen molar-refractivity contribution in [1.29, 1.82) is 0 Å². The summed E-state index contributed by atoms with van der Waals surface area (Å²) in [6.45, 7) is 0.850. The molecule has 19 heavy (non-hydrogen) atoms. The van der Waals surface area contributed by atoms with E-state index in [1.165, 1.54) is 50.5 Å². The zero-order chi connectivity index (χ0) is 13.1. The summed E-state index contributed by atoms with van der Waals surface area (Å²) in [5.74, 6) is 1.55. The third-order valence-electron chi connectivity index (χ3n) is 4.50. The van der Waals surface area contributed by atoms with Gasteiger partial charge in [-0.05, 0) is 55.2 Å². The molecule has 0 atom stereocenters. The predicted molar refractivity (Wildman–Crippen MR) is 77.3 cm³/mol. The average molecular weight is 257 g/mol. The Hall–Kier alpha value is -1.31. The molecular formula is C17H23NO. The number of hydrogen-bond acceptors (Lipinski definition) is 1. The molecule has 0 saturated heterocycles. The first-order valence-electron chi connectivity index (χ1n) is 7.71. The van der Waals surface area contributed by atoms with Crippen molar-refractivity contribution in [2.75, 3.05) is 6.54 Å². The van der Waals surface area contributed by atoms with Crippen LogP contribution in [-0.2, 0) is 0 Å². The fraction of sp³-hybridized carbons (Fsp3) is 0.588. The highest BCUT2D eigenvalue weighted by atomic mass is 16.1. The lowest BCUT2D eigenvalue weighted by atomic mass is 9.84. The maximum Gasteiger partial charge on any atom is 0.251 e. The molecule has 0 radical (unpaired) electrons. The fourth-order valence-corrected chi connectivity index (χ4v) is 3.00. The number of rotatable bonds is 4. The van der Waals surface area contributed by atoms with Gasteiger partial charge in [0.2, 0.25) is 0 Å². The van der Waals surface area contributed by atoms with E-state index in [2.05, 4.69) is 17.4 Å². The average Bonchev–Trinajstić information content (AvgIpc) is 3.30. The van der Waals surface area contributed by atoms with E-state index < -0.39 is 0 Å². The lowest BCUT2D eigenvalue weighted by molar-refractivity contribution is 0.0952. The summed E-state index contributed by atoms with van der Waals surface area (Å²) < 4.78 is 0. The quantitative estimate of drug-likeness (QED) is 0.871. The molecular weight excluding hydrogens is 234 g/mol. The highest BCUT2D eigenvalue weighted by molar-refractivity contribution is 5.94. The van der Waals surface area contributed by atoms with Crippen molar-refractivity contribution >= 4 is 5.91 Å². The van der Waals surface area contributed by atoms with Crippen LogP contribution in [0.4, 0.5) is 0 Å². The van der Waals surface area contributed by atoms with Gasteiger partial charge in [0.15, 0.2) is 0 Å². The number of carbonyl (C=O) groups is 1. The van der Waals surface area contributed by atoms with Crippen LogP contribution in [0.2, 0.25) is 0 Å². The molecule has 2 saturated carbocycles. The highest BCUT2D eigenvalue weighted by Gasteiger charge is 2.22. The predicted octanol–water partition coefficient (Wildman–Crippen LogP) is 3.87. The number of carbonyl (C=O) groups excluding carboxylic acids is 1. The molecule has 2 aliphatic carbocycles. The highest BCUT2D eigenvalue weighted by Crippen LogP contribution is 2.32. The van der Waals surface area contributed by atoms with E-state index in [9.17, 15) is 4.79 Å². The smallest absolute Gasteiger partial charge is 0.251 e. The normalized spacial score (nSPS) is 20.2. The Labute approximate surface area is 115 Å². The molecule has 102 valence electrons. The van der Waals surface area contributed by atoms with Gasteiger partial charge >= 0.3 is 0 Å². The lowest BCUT2D eigenvalue weighted by Crippen LogP contribution is -2.25. The zero-order valence-electron chi connectivity index (χ0n) is 11.5. The summed E-state index contributed by atoms with van der Waals surface area (Å²) >= 11 is 0.